The molecule has 4 N–H and O–H groups in total. The molecule has 0 bridgehead atoms. The average molecular weight is 326 g/mol. The number of carbonyl (C=O) groups excluding carboxylic acids is 1. The Kier molecular flexibility index (Phi) is 4.49. The van der Waals surface area contributed by atoms with Crippen LogP contribution >= 0.6 is 0 Å². The fraction of sp³-hybridized carbons (Fsp3) is 0.467. The Bertz CT molecular complexity index is 637. The normalized spacial score (nSPS) is 26.9. The quantitative estimate of drug-likeness (QED) is 0.561. The molecule has 1 aliphatic rings. The number of hydrogen-bond donors (Lipinski definition) is 4. The number of rotatable bonds is 5. The zero-order valence-corrected chi connectivity index (χ0v) is 12.6. The third-order valence-electron chi connectivity index (χ3n) is 3.86. The molecule has 0 amide bonds. The number of aromatic hydroxyl groups is 1. The van der Waals surface area contributed by atoms with Gasteiger partial charge in [-0.25, -0.2) is 4.79 Å². The van der Waals surface area contributed by atoms with Gasteiger partial charge in [-0.3, -0.25) is 4.79 Å². The topological polar surface area (TPSA) is 134 Å². The van der Waals surface area contributed by atoms with Gasteiger partial charge in [-0.1, -0.05) is 0 Å². The number of carboxylic acids is 1. The van der Waals surface area contributed by atoms with Crippen LogP contribution in [0.25, 0.3) is 0 Å². The van der Waals surface area contributed by atoms with Gasteiger partial charge in [-0.15, -0.1) is 0 Å². The van der Waals surface area contributed by atoms with Gasteiger partial charge < -0.3 is 29.9 Å². The molecule has 23 heavy (non-hydrogen) atoms. The molecule has 8 heteroatoms. The number of methoxy groups -OCH3 is 1. The molecule has 1 fully saturated rings. The first kappa shape index (κ1) is 17.0. The second-order valence-corrected chi connectivity index (χ2v) is 5.53. The summed E-state index contributed by atoms with van der Waals surface area (Å²) in [6.07, 6.45) is -2.87. The molecule has 1 aliphatic heterocycles. The molecule has 8 nitrogen and oxygen atoms in total. The van der Waals surface area contributed by atoms with E-state index in [0.717, 1.165) is 6.92 Å². The van der Waals surface area contributed by atoms with Crippen LogP contribution in [-0.4, -0.2) is 51.2 Å². The van der Waals surface area contributed by atoms with Crippen LogP contribution in [0.1, 0.15) is 30.6 Å². The van der Waals surface area contributed by atoms with E-state index in [0.29, 0.717) is 5.56 Å². The van der Waals surface area contributed by atoms with Gasteiger partial charge >= 0.3 is 11.9 Å². The van der Waals surface area contributed by atoms with E-state index in [1.54, 1.807) is 0 Å². The fourth-order valence-corrected chi connectivity index (χ4v) is 2.42. The van der Waals surface area contributed by atoms with Crippen molar-refractivity contribution in [3.8, 4) is 11.5 Å². The summed E-state index contributed by atoms with van der Waals surface area (Å²) in [5.74, 6) is -2.03. The van der Waals surface area contributed by atoms with Crippen molar-refractivity contribution < 1.29 is 39.5 Å². The molecule has 0 radical (unpaired) electrons. The third-order valence-corrected chi connectivity index (χ3v) is 3.86. The summed E-state index contributed by atoms with van der Waals surface area (Å²) in [6, 6.07) is 2.65. The van der Waals surface area contributed by atoms with Crippen LogP contribution in [0.2, 0.25) is 0 Å². The number of benzene rings is 1. The van der Waals surface area contributed by atoms with Crippen LogP contribution in [0.3, 0.4) is 0 Å². The van der Waals surface area contributed by atoms with Crippen molar-refractivity contribution in [3.63, 3.8) is 0 Å². The SMILES string of the molecule is COc1cc(O)c(CCC(=O)O)cc1[C@@H]1OC(=O)[C@](C)(O)[C@H]1O. The summed E-state index contributed by atoms with van der Waals surface area (Å²) in [7, 11) is 1.33. The highest BCUT2D eigenvalue weighted by Gasteiger charge is 2.54. The summed E-state index contributed by atoms with van der Waals surface area (Å²) in [5.41, 5.74) is -1.52. The lowest BCUT2D eigenvalue weighted by molar-refractivity contribution is -0.155. The van der Waals surface area contributed by atoms with Crippen LogP contribution in [0, 0.1) is 0 Å². The summed E-state index contributed by atoms with van der Waals surface area (Å²) in [5, 5.41) is 38.7. The zero-order chi connectivity index (χ0) is 17.4. The van der Waals surface area contributed by atoms with E-state index >= 15 is 0 Å². The third kappa shape index (κ3) is 3.08. The number of phenolic OH excluding ortho intramolecular Hbond substituents is 1. The number of aryl methyl sites for hydroxylation is 1. The summed E-state index contributed by atoms with van der Waals surface area (Å²) in [6.45, 7) is 1.14. The molecule has 3 atom stereocenters. The van der Waals surface area contributed by atoms with Crippen LogP contribution in [0.4, 0.5) is 0 Å². The van der Waals surface area contributed by atoms with Crippen molar-refractivity contribution in [3.05, 3.63) is 23.3 Å². The van der Waals surface area contributed by atoms with E-state index in [9.17, 15) is 24.9 Å². The van der Waals surface area contributed by atoms with Gasteiger partial charge in [0.1, 0.15) is 17.6 Å². The molecular formula is C15H18O8. The van der Waals surface area contributed by atoms with Gasteiger partial charge in [0, 0.05) is 18.1 Å². The molecule has 126 valence electrons. The van der Waals surface area contributed by atoms with Crippen molar-refractivity contribution in [1.82, 2.24) is 0 Å². The lowest BCUT2D eigenvalue weighted by atomic mass is 9.92. The second kappa shape index (κ2) is 6.05. The Balaban J connectivity index is 2.42. The maximum Gasteiger partial charge on any atom is 0.341 e. The molecule has 0 aromatic heterocycles. The lowest BCUT2D eigenvalue weighted by Crippen LogP contribution is -2.41. The Morgan fingerprint density at radius 2 is 2.09 bits per heavy atom. The predicted octanol–water partition coefficient (Wildman–Crippen LogP) is 0.128. The summed E-state index contributed by atoms with van der Waals surface area (Å²) >= 11 is 0. The molecule has 0 unspecified atom stereocenters. The lowest BCUT2D eigenvalue weighted by Gasteiger charge is -2.21. The highest BCUT2D eigenvalue weighted by Crippen LogP contribution is 2.42. The Morgan fingerprint density at radius 1 is 1.43 bits per heavy atom. The van der Waals surface area contributed by atoms with Crippen molar-refractivity contribution >= 4 is 11.9 Å². The standard InChI is InChI=1S/C15H18O8/c1-15(21)13(19)12(23-14(15)20)8-5-7(3-4-11(17)18)9(16)6-10(8)22-2/h5-6,12-13,16,19,21H,3-4H2,1-2H3,(H,17,18)/t12-,13-,15+/m0/s1. The molecule has 1 saturated heterocycles. The van der Waals surface area contributed by atoms with Crippen LogP contribution in [-0.2, 0) is 20.7 Å². The van der Waals surface area contributed by atoms with Crippen molar-refractivity contribution in [2.75, 3.05) is 7.11 Å². The smallest absolute Gasteiger partial charge is 0.341 e. The monoisotopic (exact) mass is 326 g/mol. The second-order valence-electron chi connectivity index (χ2n) is 5.53. The number of phenols is 1. The summed E-state index contributed by atoms with van der Waals surface area (Å²) < 4.78 is 10.1. The minimum Gasteiger partial charge on any atom is -0.508 e. The number of hydrogen-bond acceptors (Lipinski definition) is 7. The predicted molar refractivity (Wildman–Crippen MR) is 76.1 cm³/mol. The Labute approximate surface area is 131 Å². The zero-order valence-electron chi connectivity index (χ0n) is 12.6. The number of cyclic esters (lactones) is 1. The number of aliphatic hydroxyl groups is 2. The van der Waals surface area contributed by atoms with E-state index in [1.807, 2.05) is 0 Å². The molecule has 0 saturated carbocycles. The fourth-order valence-electron chi connectivity index (χ4n) is 2.42. The van der Waals surface area contributed by atoms with Crippen molar-refractivity contribution in [2.45, 2.75) is 37.6 Å². The molecule has 0 spiro atoms. The Hall–Kier alpha value is -2.32. The minimum absolute atomic E-state index is 0.0469. The molecule has 2 rings (SSSR count). The Morgan fingerprint density at radius 3 is 2.57 bits per heavy atom. The van der Waals surface area contributed by atoms with Crippen LogP contribution < -0.4 is 4.74 Å². The van der Waals surface area contributed by atoms with Gasteiger partial charge in [-0.05, 0) is 25.0 Å². The molecule has 1 aromatic carbocycles. The molecule has 1 aromatic rings. The number of carbonyl (C=O) groups is 2. The highest BCUT2D eigenvalue weighted by molar-refractivity contribution is 5.82. The van der Waals surface area contributed by atoms with E-state index in [1.165, 1.54) is 19.2 Å². The number of aliphatic carboxylic acids is 1. The maximum atomic E-state index is 11.7. The van der Waals surface area contributed by atoms with Crippen LogP contribution in [0.5, 0.6) is 11.5 Å². The van der Waals surface area contributed by atoms with E-state index in [4.69, 9.17) is 14.6 Å². The van der Waals surface area contributed by atoms with Crippen molar-refractivity contribution in [2.24, 2.45) is 0 Å². The van der Waals surface area contributed by atoms with Gasteiger partial charge in [0.2, 0.25) is 0 Å². The van der Waals surface area contributed by atoms with Crippen LogP contribution in [0.15, 0.2) is 12.1 Å². The highest BCUT2D eigenvalue weighted by atomic mass is 16.6. The number of aliphatic hydroxyl groups excluding tert-OH is 1. The van der Waals surface area contributed by atoms with Gasteiger partial charge in [0.05, 0.1) is 7.11 Å². The van der Waals surface area contributed by atoms with E-state index in [2.05, 4.69) is 0 Å². The molecule has 0 aliphatic carbocycles. The molecule has 1 heterocycles. The van der Waals surface area contributed by atoms with Gasteiger partial charge in [0.25, 0.3) is 0 Å². The van der Waals surface area contributed by atoms with E-state index < -0.39 is 29.7 Å². The number of esters is 1. The van der Waals surface area contributed by atoms with Crippen molar-refractivity contribution in [1.29, 1.82) is 0 Å². The van der Waals surface area contributed by atoms with Gasteiger partial charge in [-0.2, -0.15) is 0 Å². The van der Waals surface area contributed by atoms with Gasteiger partial charge in [0.15, 0.2) is 11.7 Å². The first-order valence-electron chi connectivity index (χ1n) is 6.91. The maximum absolute atomic E-state index is 11.7. The van der Waals surface area contributed by atoms with E-state index in [-0.39, 0.29) is 29.9 Å². The first-order valence-corrected chi connectivity index (χ1v) is 6.91. The molecular weight excluding hydrogens is 308 g/mol. The minimum atomic E-state index is -2.06. The number of carboxylic acid groups (broad SMARTS) is 1. The summed E-state index contributed by atoms with van der Waals surface area (Å²) in [4.78, 5) is 22.3. The number of ether oxygens (including phenoxy) is 2. The first-order chi connectivity index (χ1) is 10.7. The largest absolute Gasteiger partial charge is 0.508 e. The average Bonchev–Trinajstić information content (AvgIpc) is 2.68.